The molecule has 8 heteroatoms. The van der Waals surface area contributed by atoms with Crippen molar-refractivity contribution in [2.24, 2.45) is 0 Å². The third kappa shape index (κ3) is 7.72. The Kier molecular flexibility index (Phi) is 10.7. The lowest BCUT2D eigenvalue weighted by molar-refractivity contribution is -0.135. The average Bonchev–Trinajstić information content (AvgIpc) is 3.42. The highest BCUT2D eigenvalue weighted by molar-refractivity contribution is 5.98. The molecule has 214 valence electrons. The van der Waals surface area contributed by atoms with Gasteiger partial charge < -0.3 is 23.8 Å². The van der Waals surface area contributed by atoms with Gasteiger partial charge >= 0.3 is 0 Å². The summed E-state index contributed by atoms with van der Waals surface area (Å²) in [5, 5.41) is 0. The molecular weight excluding hydrogens is 509 g/mol. The molecule has 0 radical (unpaired) electrons. The normalized spacial score (nSPS) is 13.7. The number of carbonyl (C=O) groups excluding carboxylic acids is 2. The molecule has 2 amide bonds. The fourth-order valence-corrected chi connectivity index (χ4v) is 5.42. The maximum absolute atomic E-state index is 14.0. The van der Waals surface area contributed by atoms with Gasteiger partial charge in [0.15, 0.2) is 0 Å². The maximum atomic E-state index is 14.0. The SMILES string of the molecule is COCCCN(CC(=O)N(Cc1cccn1Cc1ccc(F)cc1)C1CCCCC1)C(=O)c1ccccc1OC. The summed E-state index contributed by atoms with van der Waals surface area (Å²) in [7, 11) is 3.17. The standard InChI is InChI=1S/C32H40FN3O4/c1-39-21-9-20-35(32(38)29-13-6-7-14-30(29)40-2)24-31(37)36(27-10-4-3-5-11-27)23-28-12-8-19-34(28)22-25-15-17-26(33)18-16-25/h6-8,12-19,27H,3-5,9-11,20-24H2,1-2H3. The topological polar surface area (TPSA) is 64.0 Å². The van der Waals surface area contributed by atoms with E-state index in [0.29, 0.717) is 44.0 Å². The summed E-state index contributed by atoms with van der Waals surface area (Å²) >= 11 is 0. The first-order chi connectivity index (χ1) is 19.5. The van der Waals surface area contributed by atoms with Crippen LogP contribution in [0.5, 0.6) is 5.75 Å². The molecular formula is C32H40FN3O4. The van der Waals surface area contributed by atoms with Crippen LogP contribution in [0.25, 0.3) is 0 Å². The summed E-state index contributed by atoms with van der Waals surface area (Å²) in [6, 6.07) is 17.7. The van der Waals surface area contributed by atoms with Crippen LogP contribution in [0.15, 0.2) is 66.9 Å². The van der Waals surface area contributed by atoms with Crippen LogP contribution in [0.4, 0.5) is 4.39 Å². The van der Waals surface area contributed by atoms with Crippen molar-refractivity contribution in [2.75, 3.05) is 33.9 Å². The minimum Gasteiger partial charge on any atom is -0.496 e. The number of halogens is 1. The Balaban J connectivity index is 1.56. The predicted octanol–water partition coefficient (Wildman–Crippen LogP) is 5.52. The van der Waals surface area contributed by atoms with Crippen molar-refractivity contribution in [3.63, 3.8) is 0 Å². The number of hydrogen-bond acceptors (Lipinski definition) is 4. The van der Waals surface area contributed by atoms with Gasteiger partial charge in [0.2, 0.25) is 5.91 Å². The van der Waals surface area contributed by atoms with E-state index >= 15 is 0 Å². The second kappa shape index (κ2) is 14.7. The van der Waals surface area contributed by atoms with E-state index in [-0.39, 0.29) is 30.2 Å². The summed E-state index contributed by atoms with van der Waals surface area (Å²) in [6.07, 6.45) is 7.86. The largest absolute Gasteiger partial charge is 0.496 e. The molecule has 1 fully saturated rings. The number of carbonyl (C=O) groups is 2. The number of rotatable bonds is 13. The molecule has 0 spiro atoms. The fourth-order valence-electron chi connectivity index (χ4n) is 5.42. The summed E-state index contributed by atoms with van der Waals surface area (Å²) < 4.78 is 26.2. The van der Waals surface area contributed by atoms with E-state index in [1.165, 1.54) is 18.6 Å². The van der Waals surface area contributed by atoms with Crippen molar-refractivity contribution in [3.05, 3.63) is 89.5 Å². The number of amides is 2. The highest BCUT2D eigenvalue weighted by Crippen LogP contribution is 2.26. The number of hydrogen-bond donors (Lipinski definition) is 0. The van der Waals surface area contributed by atoms with Gasteiger partial charge in [0, 0.05) is 44.7 Å². The second-order valence-electron chi connectivity index (χ2n) is 10.3. The molecule has 1 saturated carbocycles. The third-order valence-electron chi connectivity index (χ3n) is 7.59. The Bertz CT molecular complexity index is 1240. The Morgan fingerprint density at radius 1 is 0.975 bits per heavy atom. The minimum atomic E-state index is -0.261. The maximum Gasteiger partial charge on any atom is 0.258 e. The monoisotopic (exact) mass is 549 g/mol. The first kappa shape index (κ1) is 29.3. The molecule has 0 saturated heterocycles. The van der Waals surface area contributed by atoms with Crippen LogP contribution in [-0.2, 0) is 22.6 Å². The first-order valence-corrected chi connectivity index (χ1v) is 14.1. The lowest BCUT2D eigenvalue weighted by Gasteiger charge is -2.36. The van der Waals surface area contributed by atoms with E-state index in [1.807, 2.05) is 29.3 Å². The van der Waals surface area contributed by atoms with Crippen molar-refractivity contribution in [3.8, 4) is 5.75 Å². The van der Waals surface area contributed by atoms with Crippen LogP contribution in [0, 0.1) is 5.82 Å². The summed E-state index contributed by atoms with van der Waals surface area (Å²) in [4.78, 5) is 31.3. The minimum absolute atomic E-state index is 0.0181. The van der Waals surface area contributed by atoms with Crippen LogP contribution >= 0.6 is 0 Å². The van der Waals surface area contributed by atoms with Crippen LogP contribution in [0.1, 0.15) is 60.1 Å². The van der Waals surface area contributed by atoms with Crippen molar-refractivity contribution in [1.29, 1.82) is 0 Å². The lowest BCUT2D eigenvalue weighted by atomic mass is 9.94. The van der Waals surface area contributed by atoms with Crippen molar-refractivity contribution in [1.82, 2.24) is 14.4 Å². The molecule has 40 heavy (non-hydrogen) atoms. The molecule has 2 aromatic carbocycles. The quantitative estimate of drug-likeness (QED) is 0.263. The summed E-state index contributed by atoms with van der Waals surface area (Å²) in [5.41, 5.74) is 2.43. The molecule has 0 atom stereocenters. The Hall–Kier alpha value is -3.65. The summed E-state index contributed by atoms with van der Waals surface area (Å²) in [5.74, 6) is -0.0741. The van der Waals surface area contributed by atoms with E-state index < -0.39 is 0 Å². The number of aromatic nitrogens is 1. The number of methoxy groups -OCH3 is 2. The first-order valence-electron chi connectivity index (χ1n) is 14.1. The number of nitrogens with zero attached hydrogens (tertiary/aromatic N) is 3. The molecule has 0 unspecified atom stereocenters. The van der Waals surface area contributed by atoms with Crippen LogP contribution in [-0.4, -0.2) is 66.1 Å². The molecule has 7 nitrogen and oxygen atoms in total. The van der Waals surface area contributed by atoms with Crippen molar-refractivity contribution >= 4 is 11.8 Å². The van der Waals surface area contributed by atoms with Crippen molar-refractivity contribution < 1.29 is 23.5 Å². The zero-order valence-electron chi connectivity index (χ0n) is 23.6. The van der Waals surface area contributed by atoms with E-state index in [0.717, 1.165) is 36.9 Å². The lowest BCUT2D eigenvalue weighted by Crippen LogP contribution is -2.48. The van der Waals surface area contributed by atoms with E-state index in [9.17, 15) is 14.0 Å². The van der Waals surface area contributed by atoms with Gasteiger partial charge in [-0.25, -0.2) is 4.39 Å². The Morgan fingerprint density at radius 3 is 2.45 bits per heavy atom. The molecule has 3 aromatic rings. The van der Waals surface area contributed by atoms with Gasteiger partial charge in [-0.05, 0) is 61.2 Å². The zero-order chi connectivity index (χ0) is 28.3. The van der Waals surface area contributed by atoms with Crippen LogP contribution in [0.2, 0.25) is 0 Å². The van der Waals surface area contributed by atoms with Crippen LogP contribution < -0.4 is 4.74 Å². The van der Waals surface area contributed by atoms with E-state index in [4.69, 9.17) is 9.47 Å². The number of ether oxygens (including phenoxy) is 2. The average molecular weight is 550 g/mol. The van der Waals surface area contributed by atoms with Gasteiger partial charge in [-0.1, -0.05) is 43.5 Å². The molecule has 1 heterocycles. The van der Waals surface area contributed by atoms with Gasteiger partial charge in [-0.3, -0.25) is 9.59 Å². The molecule has 0 bridgehead atoms. The molecule has 0 aliphatic heterocycles. The number of para-hydroxylation sites is 1. The molecule has 1 aliphatic carbocycles. The Labute approximate surface area is 236 Å². The molecule has 1 aliphatic rings. The van der Waals surface area contributed by atoms with Crippen LogP contribution in [0.3, 0.4) is 0 Å². The predicted molar refractivity (Wildman–Crippen MR) is 153 cm³/mol. The molecule has 1 aromatic heterocycles. The summed E-state index contributed by atoms with van der Waals surface area (Å²) in [6.45, 7) is 1.91. The van der Waals surface area contributed by atoms with E-state index in [2.05, 4.69) is 4.57 Å². The van der Waals surface area contributed by atoms with E-state index in [1.54, 1.807) is 49.5 Å². The van der Waals surface area contributed by atoms with Gasteiger partial charge in [0.25, 0.3) is 5.91 Å². The second-order valence-corrected chi connectivity index (χ2v) is 10.3. The Morgan fingerprint density at radius 2 is 1.73 bits per heavy atom. The van der Waals surface area contributed by atoms with Crippen molar-refractivity contribution in [2.45, 2.75) is 57.7 Å². The van der Waals surface area contributed by atoms with Gasteiger partial charge in [0.05, 0.1) is 19.2 Å². The zero-order valence-corrected chi connectivity index (χ0v) is 23.6. The van der Waals surface area contributed by atoms with Gasteiger partial charge in [-0.2, -0.15) is 0 Å². The molecule has 0 N–H and O–H groups in total. The van der Waals surface area contributed by atoms with Gasteiger partial charge in [0.1, 0.15) is 18.1 Å². The fraction of sp³-hybridized carbons (Fsp3) is 0.438. The highest BCUT2D eigenvalue weighted by Gasteiger charge is 2.29. The highest BCUT2D eigenvalue weighted by atomic mass is 19.1. The smallest absolute Gasteiger partial charge is 0.258 e. The number of benzene rings is 2. The third-order valence-corrected chi connectivity index (χ3v) is 7.59. The van der Waals surface area contributed by atoms with Gasteiger partial charge in [-0.15, -0.1) is 0 Å². The molecule has 4 rings (SSSR count).